The summed E-state index contributed by atoms with van der Waals surface area (Å²) in [5.74, 6) is 0. The summed E-state index contributed by atoms with van der Waals surface area (Å²) in [5.41, 5.74) is 0. The molecule has 9 heavy (non-hydrogen) atoms. The first kappa shape index (κ1) is 6.79. The highest BCUT2D eigenvalue weighted by Crippen LogP contribution is 1.88. The van der Waals surface area contributed by atoms with Crippen LogP contribution >= 0.6 is 12.2 Å². The highest BCUT2D eigenvalue weighted by atomic mass is 32.1. The molecule has 0 aromatic carbocycles. The van der Waals surface area contributed by atoms with Crippen LogP contribution in [0.4, 0.5) is 0 Å². The van der Waals surface area contributed by atoms with Gasteiger partial charge in [0.25, 0.3) is 0 Å². The molecule has 0 saturated carbocycles. The predicted molar refractivity (Wildman–Crippen MR) is 38.5 cm³/mol. The third-order valence-corrected chi connectivity index (χ3v) is 1.18. The third-order valence-electron chi connectivity index (χ3n) is 0.608. The summed E-state index contributed by atoms with van der Waals surface area (Å²) in [4.78, 5) is 9.81. The van der Waals surface area contributed by atoms with Gasteiger partial charge in [0.2, 0.25) is 0 Å². The van der Waals surface area contributed by atoms with Crippen LogP contribution in [0.2, 0.25) is 0 Å². The topological polar surface area (TPSA) is 41.6 Å². The number of hydrogen-bond acceptors (Lipinski definition) is 5. The molecule has 1 aromatic rings. The van der Waals surface area contributed by atoms with E-state index < -0.39 is 0 Å². The Kier molecular flexibility index (Phi) is 1.89. The minimum absolute atomic E-state index is 0.198. The normalized spacial score (nSPS) is 9.33. The van der Waals surface area contributed by atoms with Crippen LogP contribution in [0.1, 0.15) is 0 Å². The highest BCUT2D eigenvalue weighted by Gasteiger charge is 1.75. The van der Waals surface area contributed by atoms with E-state index in [9.17, 15) is 0 Å². The quantitative estimate of drug-likeness (QED) is 0.455. The predicted octanol–water partition coefficient (Wildman–Crippen LogP) is 0.346. The molecule has 3 nitrogen and oxygen atoms in total. The first-order chi connectivity index (χ1) is 4.18. The summed E-state index contributed by atoms with van der Waals surface area (Å²) in [6.45, 7) is 0. The second kappa shape index (κ2) is 2.51. The van der Waals surface area contributed by atoms with E-state index in [0.29, 0.717) is 9.93 Å². The van der Waals surface area contributed by atoms with Crippen LogP contribution in [-0.2, 0) is 25.3 Å². The van der Waals surface area contributed by atoms with Crippen LogP contribution in [0.3, 0.4) is 0 Å². The van der Waals surface area contributed by atoms with Crippen molar-refractivity contribution in [2.45, 2.75) is 10.3 Å². The first-order valence-corrected chi connectivity index (χ1v) is 3.23. The Morgan fingerprint density at radius 3 is 2.44 bits per heavy atom. The van der Waals surface area contributed by atoms with Gasteiger partial charge in [-0.05, 0) is 17.4 Å². The second-order valence-electron chi connectivity index (χ2n) is 1.24. The van der Waals surface area contributed by atoms with Gasteiger partial charge in [0.05, 0.1) is 0 Å². The van der Waals surface area contributed by atoms with E-state index in [4.69, 9.17) is 0 Å². The van der Waals surface area contributed by atoms with Gasteiger partial charge in [-0.25, -0.2) is 4.98 Å². The van der Waals surface area contributed by atoms with Crippen molar-refractivity contribution in [1.82, 2.24) is 15.0 Å². The SMILES string of the molecule is S=c1nc([S-])nc([S-])[nH]1. The zero-order valence-electron chi connectivity index (χ0n) is 4.12. The Morgan fingerprint density at radius 1 is 1.33 bits per heavy atom. The molecule has 0 unspecified atom stereocenters. The Morgan fingerprint density at radius 2 is 2.00 bits per heavy atom. The van der Waals surface area contributed by atoms with Crippen LogP contribution in [0.25, 0.3) is 0 Å². The van der Waals surface area contributed by atoms with Gasteiger partial charge in [-0.3, -0.25) is 4.98 Å². The highest BCUT2D eigenvalue weighted by molar-refractivity contribution is 7.71. The monoisotopic (exact) mass is 175 g/mol. The largest absolute Gasteiger partial charge is 0.742 e. The summed E-state index contributed by atoms with van der Waals surface area (Å²) in [6.07, 6.45) is 0. The number of hydrogen-bond donors (Lipinski definition) is 1. The zero-order valence-corrected chi connectivity index (χ0v) is 6.57. The van der Waals surface area contributed by atoms with Gasteiger partial charge in [0.1, 0.15) is 0 Å². The van der Waals surface area contributed by atoms with E-state index in [1.807, 2.05) is 0 Å². The molecular formula is C3HN3S3-2. The number of rotatable bonds is 0. The van der Waals surface area contributed by atoms with Crippen molar-refractivity contribution in [2.75, 3.05) is 0 Å². The van der Waals surface area contributed by atoms with Crippen LogP contribution in [0.5, 0.6) is 0 Å². The molecule has 0 aliphatic rings. The molecule has 0 aliphatic carbocycles. The molecule has 0 fully saturated rings. The van der Waals surface area contributed by atoms with Crippen molar-refractivity contribution in [2.24, 2.45) is 0 Å². The van der Waals surface area contributed by atoms with E-state index in [1.54, 1.807) is 0 Å². The average molecular weight is 175 g/mol. The van der Waals surface area contributed by atoms with Crippen molar-refractivity contribution in [1.29, 1.82) is 0 Å². The molecule has 1 N–H and O–H groups in total. The minimum atomic E-state index is 0.198. The molecule has 0 aliphatic heterocycles. The van der Waals surface area contributed by atoms with Gasteiger partial charge < -0.3 is 30.2 Å². The van der Waals surface area contributed by atoms with Crippen LogP contribution in [0, 0.1) is 4.77 Å². The lowest BCUT2D eigenvalue weighted by molar-refractivity contribution is 0.793. The summed E-state index contributed by atoms with van der Waals surface area (Å²) < 4.78 is 0.292. The van der Waals surface area contributed by atoms with Crippen molar-refractivity contribution in [3.8, 4) is 0 Å². The molecule has 0 spiro atoms. The summed E-state index contributed by atoms with van der Waals surface area (Å²) >= 11 is 13.9. The Labute approximate surface area is 67.8 Å². The maximum atomic E-state index is 4.65. The van der Waals surface area contributed by atoms with Gasteiger partial charge in [0, 0.05) is 5.16 Å². The molecule has 0 bridgehead atoms. The maximum absolute atomic E-state index is 4.65. The van der Waals surface area contributed by atoms with E-state index in [-0.39, 0.29) is 5.16 Å². The van der Waals surface area contributed by atoms with Gasteiger partial charge in [-0.1, -0.05) is 0 Å². The fraction of sp³-hybridized carbons (Fsp3) is 0. The van der Waals surface area contributed by atoms with Crippen molar-refractivity contribution in [3.05, 3.63) is 4.77 Å². The van der Waals surface area contributed by atoms with Gasteiger partial charge in [-0.2, -0.15) is 0 Å². The molecule has 1 rings (SSSR count). The molecule has 48 valence electrons. The number of aromatic amines is 1. The van der Waals surface area contributed by atoms with Crippen molar-refractivity contribution >= 4 is 37.5 Å². The van der Waals surface area contributed by atoms with Gasteiger partial charge in [-0.15, -0.1) is 0 Å². The number of nitrogens with one attached hydrogen (secondary N) is 1. The zero-order chi connectivity index (χ0) is 6.85. The lowest BCUT2D eigenvalue weighted by Crippen LogP contribution is -1.93. The van der Waals surface area contributed by atoms with E-state index in [1.165, 1.54) is 0 Å². The molecule has 0 amide bonds. The Balaban J connectivity index is 3.33. The fourth-order valence-electron chi connectivity index (χ4n) is 0.346. The summed E-state index contributed by atoms with van der Waals surface area (Å²) in [6, 6.07) is 0. The molecular weight excluding hydrogens is 174 g/mol. The standard InChI is InChI=1S/C3H3N3S3/c7-1-4-2(8)6-3(9)5-1/h(H3,4,5,6,7,8,9)/p-2. The molecule has 0 atom stereocenters. The average Bonchev–Trinajstić information content (AvgIpc) is 1.59. The smallest absolute Gasteiger partial charge is 0.196 e. The van der Waals surface area contributed by atoms with Crippen molar-refractivity contribution in [3.63, 3.8) is 0 Å². The number of nitrogens with zero attached hydrogens (tertiary/aromatic N) is 2. The van der Waals surface area contributed by atoms with Crippen LogP contribution in [-0.4, -0.2) is 15.0 Å². The Hall–Kier alpha value is -0.330. The molecule has 6 heteroatoms. The molecule has 0 saturated heterocycles. The van der Waals surface area contributed by atoms with Crippen molar-refractivity contribution < 1.29 is 0 Å². The van der Waals surface area contributed by atoms with Crippen LogP contribution in [0.15, 0.2) is 10.3 Å². The van der Waals surface area contributed by atoms with Gasteiger partial charge >= 0.3 is 0 Å². The van der Waals surface area contributed by atoms with E-state index in [2.05, 4.69) is 52.4 Å². The molecule has 1 aromatic heterocycles. The maximum Gasteiger partial charge on any atom is 0.196 e. The van der Waals surface area contributed by atoms with E-state index >= 15 is 0 Å². The molecule has 0 radical (unpaired) electrons. The third kappa shape index (κ3) is 1.81. The van der Waals surface area contributed by atoms with Gasteiger partial charge in [0.15, 0.2) is 4.77 Å². The lowest BCUT2D eigenvalue weighted by Gasteiger charge is -2.08. The first-order valence-electron chi connectivity index (χ1n) is 2.01. The summed E-state index contributed by atoms with van der Waals surface area (Å²) in [7, 11) is 0. The minimum Gasteiger partial charge on any atom is -0.742 e. The number of H-pyrrole nitrogens is 1. The van der Waals surface area contributed by atoms with Crippen LogP contribution < -0.4 is 0 Å². The number of aromatic nitrogens is 3. The Bertz CT molecular complexity index is 244. The van der Waals surface area contributed by atoms with E-state index in [0.717, 1.165) is 0 Å². The summed E-state index contributed by atoms with van der Waals surface area (Å²) in [5, 5.41) is 0.490. The molecule has 1 heterocycles. The lowest BCUT2D eigenvalue weighted by atomic mass is 11.1. The fourth-order valence-corrected chi connectivity index (χ4v) is 1.08. The second-order valence-corrected chi connectivity index (χ2v) is 2.38.